The summed E-state index contributed by atoms with van der Waals surface area (Å²) in [5, 5.41) is 3.27. The quantitative estimate of drug-likeness (QED) is 0.899. The third kappa shape index (κ3) is 3.38. The van der Waals surface area contributed by atoms with Crippen LogP contribution >= 0.6 is 11.3 Å². The van der Waals surface area contributed by atoms with Crippen molar-refractivity contribution >= 4 is 17.2 Å². The summed E-state index contributed by atoms with van der Waals surface area (Å²) in [6.07, 6.45) is 4.23. The van der Waals surface area contributed by atoms with Crippen molar-refractivity contribution in [3.8, 4) is 10.4 Å². The van der Waals surface area contributed by atoms with Crippen molar-refractivity contribution in [2.75, 3.05) is 13.1 Å². The molecule has 0 saturated carbocycles. The minimum absolute atomic E-state index is 0.111. The smallest absolute Gasteiger partial charge is 0.261 e. The highest BCUT2D eigenvalue weighted by Gasteiger charge is 2.25. The van der Waals surface area contributed by atoms with Crippen LogP contribution in [-0.2, 0) is 12.8 Å². The zero-order chi connectivity index (χ0) is 17.4. The van der Waals surface area contributed by atoms with Crippen molar-refractivity contribution in [2.45, 2.75) is 51.6 Å². The fourth-order valence-electron chi connectivity index (χ4n) is 4.00. The van der Waals surface area contributed by atoms with Gasteiger partial charge in [0.25, 0.3) is 5.91 Å². The summed E-state index contributed by atoms with van der Waals surface area (Å²) in [5.74, 6) is 0.111. The normalized spacial score (nSPS) is 18.0. The fraction of sp³-hybridized carbons (Fsp3) is 0.476. The van der Waals surface area contributed by atoms with E-state index in [0.717, 1.165) is 43.6 Å². The van der Waals surface area contributed by atoms with E-state index in [-0.39, 0.29) is 5.91 Å². The van der Waals surface area contributed by atoms with Gasteiger partial charge in [-0.1, -0.05) is 24.3 Å². The summed E-state index contributed by atoms with van der Waals surface area (Å²) in [7, 11) is 0. The van der Waals surface area contributed by atoms with Gasteiger partial charge in [-0.3, -0.25) is 4.79 Å². The molecular formula is C21H26N2OS. The van der Waals surface area contributed by atoms with Gasteiger partial charge < -0.3 is 10.2 Å². The van der Waals surface area contributed by atoms with E-state index >= 15 is 0 Å². The van der Waals surface area contributed by atoms with Crippen LogP contribution in [0.5, 0.6) is 0 Å². The zero-order valence-corrected chi connectivity index (χ0v) is 15.9. The molecule has 0 unspecified atom stereocenters. The Kier molecular flexibility index (Phi) is 4.65. The first kappa shape index (κ1) is 16.8. The minimum Gasteiger partial charge on any atom is -0.349 e. The third-order valence-corrected chi connectivity index (χ3v) is 6.76. The Hall–Kier alpha value is -1.65. The predicted molar refractivity (Wildman–Crippen MR) is 104 cm³/mol. The van der Waals surface area contributed by atoms with E-state index in [2.05, 4.69) is 54.4 Å². The Morgan fingerprint density at radius 2 is 1.88 bits per heavy atom. The summed E-state index contributed by atoms with van der Waals surface area (Å²) in [6, 6.07) is 11.6. The molecule has 1 aliphatic heterocycles. The van der Waals surface area contributed by atoms with Gasteiger partial charge in [-0.2, -0.15) is 0 Å². The van der Waals surface area contributed by atoms with Gasteiger partial charge in [0.05, 0.1) is 4.88 Å². The molecular weight excluding hydrogens is 328 g/mol. The number of nitrogens with one attached hydrogen (secondary N) is 1. The van der Waals surface area contributed by atoms with Crippen molar-refractivity contribution in [3.63, 3.8) is 0 Å². The molecule has 1 aliphatic carbocycles. The number of fused-ring (bicyclic) bond motifs is 3. The van der Waals surface area contributed by atoms with Crippen molar-refractivity contribution < 1.29 is 4.79 Å². The predicted octanol–water partition coefficient (Wildman–Crippen LogP) is 4.12. The third-order valence-electron chi connectivity index (χ3n) is 5.55. The Morgan fingerprint density at radius 1 is 1.16 bits per heavy atom. The van der Waals surface area contributed by atoms with Crippen molar-refractivity contribution in [3.05, 3.63) is 46.3 Å². The van der Waals surface area contributed by atoms with Crippen LogP contribution in [0.4, 0.5) is 0 Å². The van der Waals surface area contributed by atoms with Gasteiger partial charge in [0, 0.05) is 30.1 Å². The SMILES string of the molecule is CC(C)N1CCC(NC(=O)c2cc3c(s2)-c2ccccc2CC3)CC1. The maximum Gasteiger partial charge on any atom is 0.261 e. The number of carbonyl (C=O) groups is 1. The molecule has 1 aromatic heterocycles. The number of aryl methyl sites for hydroxylation is 2. The van der Waals surface area contributed by atoms with Crippen LogP contribution in [0.1, 0.15) is 47.5 Å². The van der Waals surface area contributed by atoms with Crippen LogP contribution in [0.3, 0.4) is 0 Å². The molecule has 1 fully saturated rings. The van der Waals surface area contributed by atoms with Gasteiger partial charge >= 0.3 is 0 Å². The second kappa shape index (κ2) is 6.93. The second-order valence-electron chi connectivity index (χ2n) is 7.50. The number of hydrogen-bond acceptors (Lipinski definition) is 3. The lowest BCUT2D eigenvalue weighted by Gasteiger charge is -2.34. The summed E-state index contributed by atoms with van der Waals surface area (Å²) in [5.41, 5.74) is 4.06. The second-order valence-corrected chi connectivity index (χ2v) is 8.55. The Balaban J connectivity index is 1.45. The van der Waals surface area contributed by atoms with Crippen LogP contribution in [0.15, 0.2) is 30.3 Å². The van der Waals surface area contributed by atoms with E-state index in [4.69, 9.17) is 0 Å². The Labute approximate surface area is 154 Å². The first-order valence-corrected chi connectivity index (χ1v) is 10.2. The van der Waals surface area contributed by atoms with Crippen molar-refractivity contribution in [1.82, 2.24) is 10.2 Å². The number of likely N-dealkylation sites (tertiary alicyclic amines) is 1. The van der Waals surface area contributed by atoms with Gasteiger partial charge in [-0.25, -0.2) is 0 Å². The molecule has 1 N–H and O–H groups in total. The number of rotatable bonds is 3. The molecule has 0 spiro atoms. The molecule has 0 radical (unpaired) electrons. The molecule has 2 aromatic rings. The summed E-state index contributed by atoms with van der Waals surface area (Å²) in [4.78, 5) is 17.4. The largest absolute Gasteiger partial charge is 0.349 e. The topological polar surface area (TPSA) is 32.3 Å². The maximum absolute atomic E-state index is 12.7. The number of benzene rings is 1. The molecule has 4 rings (SSSR count). The van der Waals surface area contributed by atoms with Crippen LogP contribution < -0.4 is 5.32 Å². The van der Waals surface area contributed by atoms with Gasteiger partial charge in [0.15, 0.2) is 0 Å². The number of amides is 1. The Morgan fingerprint density at radius 3 is 2.64 bits per heavy atom. The summed E-state index contributed by atoms with van der Waals surface area (Å²) >= 11 is 1.66. The van der Waals surface area contributed by atoms with E-state index in [1.54, 1.807) is 11.3 Å². The van der Waals surface area contributed by atoms with Gasteiger partial charge in [-0.05, 0) is 62.3 Å². The van der Waals surface area contributed by atoms with Crippen molar-refractivity contribution in [1.29, 1.82) is 0 Å². The molecule has 3 nitrogen and oxygen atoms in total. The number of hydrogen-bond donors (Lipinski definition) is 1. The van der Waals surface area contributed by atoms with Crippen molar-refractivity contribution in [2.24, 2.45) is 0 Å². The Bertz CT molecular complexity index is 772. The monoisotopic (exact) mass is 354 g/mol. The number of nitrogens with zero attached hydrogens (tertiary/aromatic N) is 1. The molecule has 132 valence electrons. The molecule has 2 aliphatic rings. The maximum atomic E-state index is 12.7. The summed E-state index contributed by atoms with van der Waals surface area (Å²) < 4.78 is 0. The molecule has 0 atom stereocenters. The van der Waals surface area contributed by atoms with Crippen LogP contribution in [0.25, 0.3) is 10.4 Å². The van der Waals surface area contributed by atoms with Crippen LogP contribution in [0.2, 0.25) is 0 Å². The highest BCUT2D eigenvalue weighted by molar-refractivity contribution is 7.17. The van der Waals surface area contributed by atoms with E-state index in [1.807, 2.05) is 0 Å². The molecule has 0 bridgehead atoms. The first-order valence-electron chi connectivity index (χ1n) is 9.37. The molecule has 2 heterocycles. The minimum atomic E-state index is 0.111. The van der Waals surface area contributed by atoms with E-state index in [9.17, 15) is 4.79 Å². The molecule has 1 saturated heterocycles. The first-order chi connectivity index (χ1) is 12.1. The van der Waals surface area contributed by atoms with Gasteiger partial charge in [0.2, 0.25) is 0 Å². The number of carbonyl (C=O) groups excluding carboxylic acids is 1. The highest BCUT2D eigenvalue weighted by atomic mass is 32.1. The van der Waals surface area contributed by atoms with Gasteiger partial charge in [-0.15, -0.1) is 11.3 Å². The molecule has 4 heteroatoms. The van der Waals surface area contributed by atoms with E-state index in [1.165, 1.54) is 21.6 Å². The van der Waals surface area contributed by atoms with Crippen LogP contribution in [0, 0.1) is 0 Å². The number of piperidine rings is 1. The average molecular weight is 355 g/mol. The molecule has 1 aromatic carbocycles. The fourth-order valence-corrected chi connectivity index (χ4v) is 5.17. The van der Waals surface area contributed by atoms with E-state index < -0.39 is 0 Å². The standard InChI is InChI=1S/C21H26N2OS/c1-14(2)23-11-9-17(10-12-23)22-21(24)19-13-16-8-7-15-5-3-4-6-18(15)20(16)25-19/h3-6,13-14,17H,7-12H2,1-2H3,(H,22,24). The summed E-state index contributed by atoms with van der Waals surface area (Å²) in [6.45, 7) is 6.65. The highest BCUT2D eigenvalue weighted by Crippen LogP contribution is 2.39. The lowest BCUT2D eigenvalue weighted by molar-refractivity contribution is 0.0904. The van der Waals surface area contributed by atoms with Gasteiger partial charge in [0.1, 0.15) is 0 Å². The molecule has 25 heavy (non-hydrogen) atoms. The van der Waals surface area contributed by atoms with E-state index in [0.29, 0.717) is 12.1 Å². The lowest BCUT2D eigenvalue weighted by atomic mass is 9.91. The zero-order valence-electron chi connectivity index (χ0n) is 15.0. The van der Waals surface area contributed by atoms with Crippen LogP contribution in [-0.4, -0.2) is 36.0 Å². The lowest BCUT2D eigenvalue weighted by Crippen LogP contribution is -2.46. The number of thiophene rings is 1. The molecule has 1 amide bonds. The average Bonchev–Trinajstić information content (AvgIpc) is 3.07.